The van der Waals surface area contributed by atoms with Crippen LogP contribution in [-0.4, -0.2) is 62.2 Å². The summed E-state index contributed by atoms with van der Waals surface area (Å²) in [7, 11) is -1.79. The predicted octanol–water partition coefficient (Wildman–Crippen LogP) is 4.67. The molecular weight excluding hydrogens is 574 g/mol. The number of nitrogens with one attached hydrogen (secondary N) is 1. The van der Waals surface area contributed by atoms with E-state index < -0.39 is 46.2 Å². The van der Waals surface area contributed by atoms with E-state index in [1.54, 1.807) is 6.07 Å². The summed E-state index contributed by atoms with van der Waals surface area (Å²) >= 11 is 0. The zero-order valence-corrected chi connectivity index (χ0v) is 25.3. The van der Waals surface area contributed by atoms with E-state index in [0.29, 0.717) is 4.31 Å². The van der Waals surface area contributed by atoms with Crippen LogP contribution < -0.4 is 9.62 Å². The Bertz CT molecular complexity index is 1500. The Kier molecular flexibility index (Phi) is 10.9. The minimum atomic E-state index is -4.35. The van der Waals surface area contributed by atoms with Gasteiger partial charge in [0.1, 0.15) is 24.2 Å². The van der Waals surface area contributed by atoms with Crippen LogP contribution in [0.2, 0.25) is 0 Å². The summed E-state index contributed by atoms with van der Waals surface area (Å²) in [5, 5.41) is 3.09. The van der Waals surface area contributed by atoms with Crippen molar-refractivity contribution in [2.75, 3.05) is 24.9 Å². The summed E-state index contributed by atoms with van der Waals surface area (Å²) in [5.74, 6) is -2.60. The molecule has 3 aromatic carbocycles. The number of halogens is 2. The Hall–Kier alpha value is -3.83. The number of hydrogen-bond donors (Lipinski definition) is 1. The van der Waals surface area contributed by atoms with Gasteiger partial charge in [0.25, 0.3) is 0 Å². The van der Waals surface area contributed by atoms with Crippen molar-refractivity contribution >= 4 is 27.7 Å². The Balaban J connectivity index is 1.77. The van der Waals surface area contributed by atoms with Gasteiger partial charge in [-0.2, -0.15) is 12.7 Å². The maximum Gasteiger partial charge on any atom is 0.304 e. The maximum absolute atomic E-state index is 15.0. The van der Waals surface area contributed by atoms with E-state index >= 15 is 0 Å². The number of benzene rings is 3. The van der Waals surface area contributed by atoms with Crippen LogP contribution in [0.3, 0.4) is 0 Å². The molecule has 1 N–H and O–H groups in total. The monoisotopic (exact) mass is 612 g/mol. The van der Waals surface area contributed by atoms with Crippen molar-refractivity contribution in [2.24, 2.45) is 0 Å². The number of nitrogens with zero attached hydrogens (tertiary/aromatic N) is 3. The molecule has 230 valence electrons. The number of rotatable bonds is 12. The molecule has 43 heavy (non-hydrogen) atoms. The second-order valence-corrected chi connectivity index (χ2v) is 13.0. The number of carbonyl (C=O) groups excluding carboxylic acids is 2. The van der Waals surface area contributed by atoms with Crippen molar-refractivity contribution in [1.82, 2.24) is 14.5 Å². The van der Waals surface area contributed by atoms with Crippen molar-refractivity contribution in [1.29, 1.82) is 0 Å². The molecule has 3 aromatic rings. The number of hydrogen-bond acceptors (Lipinski definition) is 4. The van der Waals surface area contributed by atoms with Crippen molar-refractivity contribution in [3.63, 3.8) is 0 Å². The smallest absolute Gasteiger partial charge is 0.304 e. The van der Waals surface area contributed by atoms with E-state index in [9.17, 15) is 26.8 Å². The SMILES string of the molecule is CN(C)S(=O)(=O)N(CC(=O)N(Cc1ccccc1F)[C@@H](Cc1ccccc1)C(=O)NC1CCCCC1)c1ccccc1F. The third-order valence-corrected chi connectivity index (χ3v) is 9.47. The molecule has 0 aliphatic heterocycles. The third-order valence-electron chi connectivity index (χ3n) is 7.66. The first-order valence-electron chi connectivity index (χ1n) is 14.4. The average Bonchev–Trinajstić information content (AvgIpc) is 2.99. The minimum absolute atomic E-state index is 0.0611. The highest BCUT2D eigenvalue weighted by Crippen LogP contribution is 2.25. The van der Waals surface area contributed by atoms with Gasteiger partial charge >= 0.3 is 10.2 Å². The Morgan fingerprint density at radius 2 is 1.47 bits per heavy atom. The Labute approximate surface area is 252 Å². The first-order valence-corrected chi connectivity index (χ1v) is 15.8. The summed E-state index contributed by atoms with van der Waals surface area (Å²) in [4.78, 5) is 29.4. The predicted molar refractivity (Wildman–Crippen MR) is 162 cm³/mol. The standard InChI is InChI=1S/C32H38F2N4O4S/c1-36(2)43(41,42)38(29-20-12-11-19-28(29)34)23-31(39)37(22-25-15-9-10-18-27(25)33)30(21-24-13-5-3-6-14-24)32(40)35-26-16-7-4-8-17-26/h3,5-6,9-15,18-20,26,30H,4,7-8,16-17,21-23H2,1-2H3,(H,35,40)/t30-/m0/s1. The zero-order chi connectivity index (χ0) is 31.0. The summed E-state index contributed by atoms with van der Waals surface area (Å²) in [6.07, 6.45) is 4.78. The lowest BCUT2D eigenvalue weighted by Gasteiger charge is -2.35. The van der Waals surface area contributed by atoms with Gasteiger partial charge in [-0.15, -0.1) is 0 Å². The fourth-order valence-electron chi connectivity index (χ4n) is 5.26. The molecule has 2 amide bonds. The molecule has 0 bridgehead atoms. The van der Waals surface area contributed by atoms with E-state index in [2.05, 4.69) is 5.32 Å². The maximum atomic E-state index is 15.0. The van der Waals surface area contributed by atoms with Gasteiger partial charge < -0.3 is 10.2 Å². The lowest BCUT2D eigenvalue weighted by Crippen LogP contribution is -2.55. The molecule has 1 fully saturated rings. The average molecular weight is 613 g/mol. The first-order chi connectivity index (χ1) is 20.6. The molecule has 11 heteroatoms. The van der Waals surface area contributed by atoms with E-state index in [1.165, 1.54) is 55.4 Å². The van der Waals surface area contributed by atoms with Gasteiger partial charge in [0.2, 0.25) is 11.8 Å². The van der Waals surface area contributed by atoms with Gasteiger partial charge in [-0.25, -0.2) is 13.1 Å². The van der Waals surface area contributed by atoms with Crippen LogP contribution in [0.5, 0.6) is 0 Å². The molecule has 1 atom stereocenters. The number of anilines is 1. The molecule has 0 spiro atoms. The molecule has 0 saturated heterocycles. The van der Waals surface area contributed by atoms with Crippen molar-refractivity contribution < 1.29 is 26.8 Å². The van der Waals surface area contributed by atoms with Crippen molar-refractivity contribution in [2.45, 2.75) is 57.2 Å². The van der Waals surface area contributed by atoms with Crippen LogP contribution in [0.4, 0.5) is 14.5 Å². The summed E-state index contributed by atoms with van der Waals surface area (Å²) in [6.45, 7) is -1.11. The first kappa shape index (κ1) is 32.1. The van der Waals surface area contributed by atoms with Crippen molar-refractivity contribution in [3.05, 3.63) is 102 Å². The van der Waals surface area contributed by atoms with Crippen LogP contribution >= 0.6 is 0 Å². The van der Waals surface area contributed by atoms with Gasteiger partial charge in [-0.05, 0) is 36.6 Å². The highest BCUT2D eigenvalue weighted by atomic mass is 32.2. The molecule has 0 heterocycles. The quantitative estimate of drug-likeness (QED) is 0.322. The molecule has 1 aliphatic rings. The van der Waals surface area contributed by atoms with Crippen LogP contribution in [0, 0.1) is 11.6 Å². The molecule has 0 unspecified atom stereocenters. The largest absolute Gasteiger partial charge is 0.352 e. The molecular formula is C32H38F2N4O4S. The summed E-state index contributed by atoms with van der Waals surface area (Å²) in [6, 6.07) is 19.1. The highest BCUT2D eigenvalue weighted by molar-refractivity contribution is 7.90. The van der Waals surface area contributed by atoms with Crippen LogP contribution in [0.25, 0.3) is 0 Å². The molecule has 1 saturated carbocycles. The lowest BCUT2D eigenvalue weighted by molar-refractivity contribution is -0.140. The van der Waals surface area contributed by atoms with E-state index in [1.807, 2.05) is 30.3 Å². The fourth-order valence-corrected chi connectivity index (χ4v) is 6.33. The van der Waals surface area contributed by atoms with Gasteiger partial charge in [0, 0.05) is 38.7 Å². The van der Waals surface area contributed by atoms with E-state index in [0.717, 1.165) is 48.0 Å². The summed E-state index contributed by atoms with van der Waals surface area (Å²) in [5.41, 5.74) is 0.610. The Morgan fingerprint density at radius 3 is 2.09 bits per heavy atom. The topological polar surface area (TPSA) is 90.0 Å². The van der Waals surface area contributed by atoms with Crippen LogP contribution in [-0.2, 0) is 32.8 Å². The molecule has 0 aromatic heterocycles. The van der Waals surface area contributed by atoms with Gasteiger partial charge in [0.15, 0.2) is 0 Å². The molecule has 0 radical (unpaired) electrons. The second-order valence-electron chi connectivity index (χ2n) is 10.9. The normalized spacial score (nSPS) is 14.7. The highest BCUT2D eigenvalue weighted by Gasteiger charge is 2.36. The van der Waals surface area contributed by atoms with E-state index in [4.69, 9.17) is 0 Å². The number of amides is 2. The summed E-state index contributed by atoms with van der Waals surface area (Å²) < 4.78 is 58.2. The van der Waals surface area contributed by atoms with Crippen molar-refractivity contribution in [3.8, 4) is 0 Å². The van der Waals surface area contributed by atoms with Gasteiger partial charge in [-0.1, -0.05) is 79.9 Å². The third kappa shape index (κ3) is 8.17. The fraction of sp³-hybridized carbons (Fsp3) is 0.375. The van der Waals surface area contributed by atoms with Gasteiger partial charge in [0.05, 0.1) is 5.69 Å². The molecule has 4 rings (SSSR count). The second kappa shape index (κ2) is 14.6. The molecule has 8 nitrogen and oxygen atoms in total. The lowest BCUT2D eigenvalue weighted by atomic mass is 9.94. The zero-order valence-electron chi connectivity index (χ0n) is 24.5. The van der Waals surface area contributed by atoms with E-state index in [-0.39, 0.29) is 30.3 Å². The molecule has 1 aliphatic carbocycles. The minimum Gasteiger partial charge on any atom is -0.352 e. The Morgan fingerprint density at radius 1 is 0.860 bits per heavy atom. The van der Waals surface area contributed by atoms with Crippen LogP contribution in [0.1, 0.15) is 43.2 Å². The number of carbonyl (C=O) groups is 2. The van der Waals surface area contributed by atoms with Crippen LogP contribution in [0.15, 0.2) is 78.9 Å². The number of para-hydroxylation sites is 1. The van der Waals surface area contributed by atoms with Gasteiger partial charge in [-0.3, -0.25) is 9.59 Å².